The van der Waals surface area contributed by atoms with Crippen LogP contribution in [0.3, 0.4) is 0 Å². The van der Waals surface area contributed by atoms with Crippen molar-refractivity contribution in [1.82, 2.24) is 0 Å². The molecule has 1 atom stereocenters. The maximum Gasteiger partial charge on any atom is 0.110 e. The van der Waals surface area contributed by atoms with Crippen molar-refractivity contribution in [3.05, 3.63) is 13.2 Å². The van der Waals surface area contributed by atoms with Crippen LogP contribution in [0.5, 0.6) is 0 Å². The van der Waals surface area contributed by atoms with Crippen LogP contribution in [0.1, 0.15) is 0 Å². The Bertz CT molecular complexity index is 48.2. The number of aliphatic hydroxyl groups is 2. The van der Waals surface area contributed by atoms with E-state index in [4.69, 9.17) is 15.5 Å². The molecule has 0 amide bonds. The van der Waals surface area contributed by atoms with Gasteiger partial charge in [0, 0.05) is 0 Å². The van der Waals surface area contributed by atoms with Gasteiger partial charge in [0.05, 0.1) is 6.61 Å². The van der Waals surface area contributed by atoms with Crippen molar-refractivity contribution in [2.75, 3.05) is 13.2 Å². The van der Waals surface area contributed by atoms with Crippen LogP contribution in [0, 0.1) is 0 Å². The van der Waals surface area contributed by atoms with Gasteiger partial charge in [-0.15, -0.1) is 13.2 Å². The molecule has 0 aliphatic rings. The smallest absolute Gasteiger partial charge is 0.110 e. The molecule has 0 bridgehead atoms. The van der Waals surface area contributed by atoms with Crippen LogP contribution in [0.2, 0.25) is 0 Å². The van der Waals surface area contributed by atoms with Gasteiger partial charge in [-0.2, -0.15) is 0 Å². The molecule has 0 fully saturated rings. The maximum absolute atomic E-state index is 8.32. The third-order valence-electron chi connectivity index (χ3n) is 0.478. The predicted molar refractivity (Wildman–Crippen MR) is 32.9 cm³/mol. The summed E-state index contributed by atoms with van der Waals surface area (Å²) in [4.78, 5) is 3.48. The Labute approximate surface area is 53.9 Å². The van der Waals surface area contributed by atoms with Crippen molar-refractivity contribution in [3.8, 4) is 0 Å². The summed E-state index contributed by atoms with van der Waals surface area (Å²) in [6, 6.07) is 0. The molecule has 0 radical (unpaired) electrons. The second kappa shape index (κ2) is 10.5. The molecule has 0 rings (SSSR count). The summed E-state index contributed by atoms with van der Waals surface area (Å²) in [5.74, 6) is 0. The van der Waals surface area contributed by atoms with E-state index in [0.29, 0.717) is 0 Å². The van der Waals surface area contributed by atoms with Crippen LogP contribution in [0.4, 0.5) is 0 Å². The first kappa shape index (κ1) is 11.4. The Balaban J connectivity index is 0. The fourth-order valence-corrected chi connectivity index (χ4v) is 0.139. The summed E-state index contributed by atoms with van der Waals surface area (Å²) < 4.78 is 0. The van der Waals surface area contributed by atoms with Gasteiger partial charge in [-0.3, -0.25) is 5.26 Å². The van der Waals surface area contributed by atoms with Gasteiger partial charge >= 0.3 is 0 Å². The summed E-state index contributed by atoms with van der Waals surface area (Å²) >= 11 is 0. The zero-order valence-corrected chi connectivity index (χ0v) is 5.16. The molecule has 0 saturated carbocycles. The third kappa shape index (κ3) is 11.3. The van der Waals surface area contributed by atoms with Gasteiger partial charge < -0.3 is 10.2 Å². The summed E-state index contributed by atoms with van der Waals surface area (Å²) in [5.41, 5.74) is 0. The average molecular weight is 136 g/mol. The Morgan fingerprint density at radius 3 is 2.00 bits per heavy atom. The van der Waals surface area contributed by atoms with Gasteiger partial charge in [-0.25, -0.2) is 4.89 Å². The average Bonchev–Trinajstić information content (AvgIpc) is 1.93. The molecule has 0 aliphatic carbocycles. The normalized spacial score (nSPS) is 11.4. The highest BCUT2D eigenvalue weighted by atomic mass is 17.1. The summed E-state index contributed by atoms with van der Waals surface area (Å²) in [6.07, 6.45) is -0.968. The van der Waals surface area contributed by atoms with Crippen LogP contribution >= 0.6 is 0 Å². The van der Waals surface area contributed by atoms with E-state index in [-0.39, 0.29) is 13.2 Å². The molecule has 0 aromatic carbocycles. The van der Waals surface area contributed by atoms with Gasteiger partial charge in [0.2, 0.25) is 0 Å². The topological polar surface area (TPSA) is 69.9 Å². The molecule has 4 nitrogen and oxygen atoms in total. The molecule has 0 aromatic heterocycles. The number of hydrogen-bond donors (Lipinski definition) is 3. The highest BCUT2D eigenvalue weighted by Crippen LogP contribution is 1.77. The van der Waals surface area contributed by atoms with Gasteiger partial charge in [0.1, 0.15) is 12.7 Å². The Kier molecular flexibility index (Phi) is 13.3. The number of hydrogen-bond acceptors (Lipinski definition) is 4. The lowest BCUT2D eigenvalue weighted by atomic mass is 10.4. The summed E-state index contributed by atoms with van der Waals surface area (Å²) in [7, 11) is 0. The highest BCUT2D eigenvalue weighted by molar-refractivity contribution is 4.45. The fourth-order valence-electron chi connectivity index (χ4n) is 0.139. The molecule has 1 unspecified atom stereocenters. The van der Waals surface area contributed by atoms with Crippen molar-refractivity contribution in [2.24, 2.45) is 0 Å². The SMILES string of the molecule is C=C.OCC(O)COO. The van der Waals surface area contributed by atoms with Crippen LogP contribution in [-0.2, 0) is 4.89 Å². The molecule has 0 heterocycles. The lowest BCUT2D eigenvalue weighted by molar-refractivity contribution is -0.258. The van der Waals surface area contributed by atoms with E-state index >= 15 is 0 Å². The Morgan fingerprint density at radius 2 is 1.89 bits per heavy atom. The minimum atomic E-state index is -0.968. The second-order valence-electron chi connectivity index (χ2n) is 1.13. The monoisotopic (exact) mass is 136 g/mol. The van der Waals surface area contributed by atoms with Crippen molar-refractivity contribution in [1.29, 1.82) is 0 Å². The molecule has 56 valence electrons. The van der Waals surface area contributed by atoms with E-state index in [1.54, 1.807) is 0 Å². The van der Waals surface area contributed by atoms with Crippen molar-refractivity contribution < 1.29 is 20.4 Å². The first-order valence-electron chi connectivity index (χ1n) is 2.36. The van der Waals surface area contributed by atoms with Crippen LogP contribution in [-0.4, -0.2) is 34.8 Å². The second-order valence-corrected chi connectivity index (χ2v) is 1.13. The molecule has 0 aliphatic heterocycles. The van der Waals surface area contributed by atoms with Crippen molar-refractivity contribution >= 4 is 0 Å². The van der Waals surface area contributed by atoms with Crippen molar-refractivity contribution in [3.63, 3.8) is 0 Å². The van der Waals surface area contributed by atoms with Gasteiger partial charge in [0.15, 0.2) is 0 Å². The van der Waals surface area contributed by atoms with Crippen LogP contribution in [0.15, 0.2) is 13.2 Å². The molecule has 0 aromatic rings. The first-order chi connectivity index (χ1) is 4.31. The maximum atomic E-state index is 8.32. The van der Waals surface area contributed by atoms with Gasteiger partial charge in [-0.1, -0.05) is 0 Å². The third-order valence-corrected chi connectivity index (χ3v) is 0.478. The molecule has 9 heavy (non-hydrogen) atoms. The van der Waals surface area contributed by atoms with Crippen LogP contribution in [0.25, 0.3) is 0 Å². The van der Waals surface area contributed by atoms with E-state index in [1.165, 1.54) is 0 Å². The fraction of sp³-hybridized carbons (Fsp3) is 0.600. The molecular formula is C5H12O4. The number of rotatable bonds is 3. The largest absolute Gasteiger partial charge is 0.394 e. The quantitative estimate of drug-likeness (QED) is 0.281. The van der Waals surface area contributed by atoms with E-state index in [0.717, 1.165) is 0 Å². The molecule has 0 saturated heterocycles. The van der Waals surface area contributed by atoms with Gasteiger partial charge in [0.25, 0.3) is 0 Å². The molecule has 0 spiro atoms. The standard InChI is InChI=1S/C3H8O4.C2H4/c4-1-3(5)2-7-6;1-2/h3-6H,1-2H2;1-2H2. The van der Waals surface area contributed by atoms with Crippen LogP contribution < -0.4 is 0 Å². The van der Waals surface area contributed by atoms with E-state index in [9.17, 15) is 0 Å². The van der Waals surface area contributed by atoms with E-state index in [1.807, 2.05) is 0 Å². The van der Waals surface area contributed by atoms with E-state index in [2.05, 4.69) is 18.0 Å². The zero-order valence-electron chi connectivity index (χ0n) is 5.16. The lowest BCUT2D eigenvalue weighted by Crippen LogP contribution is -2.17. The molecule has 3 N–H and O–H groups in total. The number of aliphatic hydroxyl groups excluding tert-OH is 2. The minimum absolute atomic E-state index is 0.240. The minimum Gasteiger partial charge on any atom is -0.394 e. The predicted octanol–water partition coefficient (Wildman–Crippen LogP) is -0.369. The van der Waals surface area contributed by atoms with E-state index < -0.39 is 6.10 Å². The molecule has 4 heteroatoms. The Morgan fingerprint density at radius 1 is 1.44 bits per heavy atom. The Hall–Kier alpha value is -0.420. The van der Waals surface area contributed by atoms with Gasteiger partial charge in [-0.05, 0) is 0 Å². The zero-order chi connectivity index (χ0) is 7.70. The molecular weight excluding hydrogens is 124 g/mol. The highest BCUT2D eigenvalue weighted by Gasteiger charge is 1.98. The summed E-state index contributed by atoms with van der Waals surface area (Å²) in [6.45, 7) is 5.37. The van der Waals surface area contributed by atoms with Crippen molar-refractivity contribution in [2.45, 2.75) is 6.10 Å². The summed E-state index contributed by atoms with van der Waals surface area (Å²) in [5, 5.41) is 23.9. The first-order valence-corrected chi connectivity index (χ1v) is 2.36. The lowest BCUT2D eigenvalue weighted by Gasteiger charge is -2.00.